The van der Waals surface area contributed by atoms with Crippen molar-refractivity contribution in [1.82, 2.24) is 5.32 Å². The van der Waals surface area contributed by atoms with E-state index in [1.54, 1.807) is 27.2 Å². The molecule has 6 nitrogen and oxygen atoms in total. The molecule has 0 saturated heterocycles. The van der Waals surface area contributed by atoms with Crippen LogP contribution in [-0.2, 0) is 14.3 Å². The van der Waals surface area contributed by atoms with Crippen LogP contribution in [0.1, 0.15) is 49.7 Å². The summed E-state index contributed by atoms with van der Waals surface area (Å²) in [5.74, 6) is 0.136. The number of benzene rings is 2. The Hall–Kier alpha value is -3.25. The van der Waals surface area contributed by atoms with E-state index >= 15 is 0 Å². The van der Waals surface area contributed by atoms with E-state index in [-0.39, 0.29) is 18.3 Å². The first-order valence-corrected chi connectivity index (χ1v) is 11.6. The van der Waals surface area contributed by atoms with Crippen LogP contribution in [0.3, 0.4) is 0 Å². The highest BCUT2D eigenvalue weighted by Crippen LogP contribution is 2.47. The molecule has 2 aromatic rings. The van der Waals surface area contributed by atoms with Gasteiger partial charge in [0.1, 0.15) is 0 Å². The molecular weight excluding hydrogens is 454 g/mol. The molecule has 1 aliphatic carbocycles. The number of allylic oxidation sites excluding steroid dienone is 3. The van der Waals surface area contributed by atoms with Crippen molar-refractivity contribution >= 4 is 23.4 Å². The number of nitrogens with one attached hydrogen (secondary N) is 1. The lowest BCUT2D eigenvalue weighted by atomic mass is 9.71. The van der Waals surface area contributed by atoms with E-state index in [1.807, 2.05) is 43.3 Å². The molecule has 1 aliphatic heterocycles. The fraction of sp³-hybridized carbons (Fsp3) is 0.333. The van der Waals surface area contributed by atoms with Gasteiger partial charge in [0.25, 0.3) is 0 Å². The van der Waals surface area contributed by atoms with Crippen LogP contribution in [-0.4, -0.2) is 32.6 Å². The van der Waals surface area contributed by atoms with Crippen LogP contribution in [0, 0.1) is 0 Å². The number of halogens is 1. The fourth-order valence-corrected chi connectivity index (χ4v) is 4.98. The zero-order valence-corrected chi connectivity index (χ0v) is 20.5. The number of ether oxygens (including phenoxy) is 3. The first-order chi connectivity index (χ1) is 16.4. The highest BCUT2D eigenvalue weighted by atomic mass is 35.5. The number of carbonyl (C=O) groups is 2. The molecule has 34 heavy (non-hydrogen) atoms. The van der Waals surface area contributed by atoms with Crippen LogP contribution in [0.15, 0.2) is 65.0 Å². The zero-order chi connectivity index (χ0) is 24.4. The quantitative estimate of drug-likeness (QED) is 0.566. The molecule has 0 radical (unpaired) electrons. The Morgan fingerprint density at radius 1 is 1.03 bits per heavy atom. The average molecular weight is 482 g/mol. The maximum atomic E-state index is 13.6. The summed E-state index contributed by atoms with van der Waals surface area (Å²) in [4.78, 5) is 26.7. The summed E-state index contributed by atoms with van der Waals surface area (Å²) in [7, 11) is 3.13. The molecule has 2 aromatic carbocycles. The van der Waals surface area contributed by atoms with Gasteiger partial charge in [-0.1, -0.05) is 29.8 Å². The van der Waals surface area contributed by atoms with Gasteiger partial charge in [0.05, 0.1) is 26.4 Å². The molecule has 0 amide bonds. The predicted molar refractivity (Wildman–Crippen MR) is 130 cm³/mol. The number of esters is 1. The van der Waals surface area contributed by atoms with Gasteiger partial charge < -0.3 is 19.5 Å². The van der Waals surface area contributed by atoms with Crippen LogP contribution in [0.25, 0.3) is 0 Å². The molecule has 178 valence electrons. The van der Waals surface area contributed by atoms with Gasteiger partial charge in [0, 0.05) is 34.3 Å². The lowest BCUT2D eigenvalue weighted by Gasteiger charge is -2.36. The molecular formula is C27H28ClNO5. The van der Waals surface area contributed by atoms with Gasteiger partial charge in [-0.25, -0.2) is 4.79 Å². The van der Waals surface area contributed by atoms with Gasteiger partial charge in [-0.05, 0) is 61.6 Å². The Bertz CT molecular complexity index is 1180. The lowest BCUT2D eigenvalue weighted by molar-refractivity contribution is -0.138. The maximum absolute atomic E-state index is 13.6. The molecule has 2 atom stereocenters. The second-order valence-corrected chi connectivity index (χ2v) is 8.84. The van der Waals surface area contributed by atoms with Crippen LogP contribution < -0.4 is 14.8 Å². The number of ketones is 1. The summed E-state index contributed by atoms with van der Waals surface area (Å²) in [6, 6.07) is 13.1. The van der Waals surface area contributed by atoms with E-state index in [0.717, 1.165) is 16.8 Å². The minimum Gasteiger partial charge on any atom is -0.493 e. The summed E-state index contributed by atoms with van der Waals surface area (Å²) >= 11 is 6.06. The third-order valence-corrected chi connectivity index (χ3v) is 6.66. The van der Waals surface area contributed by atoms with Crippen molar-refractivity contribution in [2.75, 3.05) is 20.8 Å². The van der Waals surface area contributed by atoms with Crippen LogP contribution in [0.4, 0.5) is 0 Å². The molecule has 1 heterocycles. The summed E-state index contributed by atoms with van der Waals surface area (Å²) in [6.07, 6.45) is 1.00. The Balaban J connectivity index is 1.82. The third-order valence-electron chi connectivity index (χ3n) is 6.41. The minimum atomic E-state index is -0.561. The van der Waals surface area contributed by atoms with Crippen molar-refractivity contribution in [3.63, 3.8) is 0 Å². The number of carbonyl (C=O) groups excluding carboxylic acids is 2. The summed E-state index contributed by atoms with van der Waals surface area (Å²) in [6.45, 7) is 3.86. The fourth-order valence-electron chi connectivity index (χ4n) is 4.85. The van der Waals surface area contributed by atoms with E-state index in [2.05, 4.69) is 5.32 Å². The molecule has 1 N–H and O–H groups in total. The van der Waals surface area contributed by atoms with E-state index in [4.69, 9.17) is 25.8 Å². The first-order valence-electron chi connectivity index (χ1n) is 11.3. The zero-order valence-electron chi connectivity index (χ0n) is 19.7. The topological polar surface area (TPSA) is 73.9 Å². The smallest absolute Gasteiger partial charge is 0.336 e. The van der Waals surface area contributed by atoms with Crippen LogP contribution in [0.2, 0.25) is 5.02 Å². The van der Waals surface area contributed by atoms with Crippen molar-refractivity contribution < 1.29 is 23.8 Å². The largest absolute Gasteiger partial charge is 0.493 e. The average Bonchev–Trinajstić information content (AvgIpc) is 2.83. The van der Waals surface area contributed by atoms with Crippen molar-refractivity contribution in [2.45, 2.75) is 38.5 Å². The Labute approximate surface area is 204 Å². The second-order valence-electron chi connectivity index (χ2n) is 8.40. The molecule has 0 saturated carbocycles. The Kier molecular flexibility index (Phi) is 6.98. The van der Waals surface area contributed by atoms with Crippen molar-refractivity contribution in [3.8, 4) is 11.5 Å². The minimum absolute atomic E-state index is 0.00258. The highest BCUT2D eigenvalue weighted by Gasteiger charge is 2.41. The van der Waals surface area contributed by atoms with E-state index in [0.29, 0.717) is 46.2 Å². The van der Waals surface area contributed by atoms with Crippen LogP contribution in [0.5, 0.6) is 11.5 Å². The number of rotatable bonds is 6. The van der Waals surface area contributed by atoms with Gasteiger partial charge in [0.2, 0.25) is 0 Å². The number of dihydropyridines is 1. The Morgan fingerprint density at radius 3 is 2.35 bits per heavy atom. The number of hydrogen-bond donors (Lipinski definition) is 1. The Morgan fingerprint density at radius 2 is 1.71 bits per heavy atom. The van der Waals surface area contributed by atoms with E-state index in [1.165, 1.54) is 0 Å². The highest BCUT2D eigenvalue weighted by molar-refractivity contribution is 6.30. The van der Waals surface area contributed by atoms with Crippen molar-refractivity contribution in [3.05, 3.63) is 81.2 Å². The van der Waals surface area contributed by atoms with Gasteiger partial charge in [-0.3, -0.25) is 4.79 Å². The monoisotopic (exact) mass is 481 g/mol. The lowest BCUT2D eigenvalue weighted by Crippen LogP contribution is -2.36. The SMILES string of the molecule is CCOC(=O)C1=C(C)NC2=C(C(=O)CC(c3ccc(Cl)cc3)C2)C1c1ccc(OC)c(OC)c1. The summed E-state index contributed by atoms with van der Waals surface area (Å²) < 4.78 is 16.3. The van der Waals surface area contributed by atoms with Crippen molar-refractivity contribution in [2.24, 2.45) is 0 Å². The molecule has 7 heteroatoms. The van der Waals surface area contributed by atoms with E-state index < -0.39 is 11.9 Å². The van der Waals surface area contributed by atoms with Crippen molar-refractivity contribution in [1.29, 1.82) is 0 Å². The predicted octanol–water partition coefficient (Wildman–Crippen LogP) is 5.28. The van der Waals surface area contributed by atoms with Gasteiger partial charge in [-0.2, -0.15) is 0 Å². The number of hydrogen-bond acceptors (Lipinski definition) is 6. The van der Waals surface area contributed by atoms with Crippen LogP contribution >= 0.6 is 11.6 Å². The first kappa shape index (κ1) is 23.9. The normalized spacial score (nSPS) is 20.0. The summed E-state index contributed by atoms with van der Waals surface area (Å²) in [5, 5.41) is 4.02. The number of methoxy groups -OCH3 is 2. The van der Waals surface area contributed by atoms with E-state index in [9.17, 15) is 9.59 Å². The second kappa shape index (κ2) is 9.94. The standard InChI is InChI=1S/C27H28ClNO5/c1-5-34-27(31)24-15(2)29-20-12-18(16-6-9-19(28)10-7-16)13-21(30)26(20)25(24)17-8-11-22(32-3)23(14-17)33-4/h6-11,14,18,25,29H,5,12-13H2,1-4H3. The van der Waals surface area contributed by atoms with Gasteiger partial charge in [-0.15, -0.1) is 0 Å². The van der Waals surface area contributed by atoms with Gasteiger partial charge in [0.15, 0.2) is 17.3 Å². The molecule has 0 aromatic heterocycles. The maximum Gasteiger partial charge on any atom is 0.336 e. The molecule has 0 spiro atoms. The summed E-state index contributed by atoms with van der Waals surface area (Å²) in [5.41, 5.74) is 4.39. The molecule has 0 bridgehead atoms. The molecule has 0 fully saturated rings. The molecule has 4 rings (SSSR count). The molecule has 2 unspecified atom stereocenters. The third kappa shape index (κ3) is 4.42. The molecule has 2 aliphatic rings. The number of Topliss-reactive ketones (excluding diaryl/α,β-unsaturated/α-hetero) is 1. The van der Waals surface area contributed by atoms with Gasteiger partial charge >= 0.3 is 5.97 Å².